The summed E-state index contributed by atoms with van der Waals surface area (Å²) in [5.74, 6) is 0.105. The standard InChI is InChI=1S/C13H15N3O3/c1-13(2,18)12-15-11(16-19-12)9-5-3-4-8(6-9)7-10(14)17/h3-6,18H,7H2,1-2H3,(H2,14,17). The van der Waals surface area contributed by atoms with E-state index in [1.165, 1.54) is 0 Å². The van der Waals surface area contributed by atoms with Crippen LogP contribution in [0.5, 0.6) is 0 Å². The molecule has 0 fully saturated rings. The molecule has 3 N–H and O–H groups in total. The topological polar surface area (TPSA) is 102 Å². The van der Waals surface area contributed by atoms with E-state index in [0.29, 0.717) is 11.4 Å². The Morgan fingerprint density at radius 2 is 2.21 bits per heavy atom. The van der Waals surface area contributed by atoms with Gasteiger partial charge >= 0.3 is 0 Å². The maximum atomic E-state index is 10.9. The maximum Gasteiger partial charge on any atom is 0.258 e. The lowest BCUT2D eigenvalue weighted by Gasteiger charge is -2.09. The number of rotatable bonds is 4. The van der Waals surface area contributed by atoms with Gasteiger partial charge in [-0.25, -0.2) is 0 Å². The van der Waals surface area contributed by atoms with Gasteiger partial charge < -0.3 is 15.4 Å². The second-order valence-electron chi connectivity index (χ2n) is 4.83. The van der Waals surface area contributed by atoms with E-state index >= 15 is 0 Å². The van der Waals surface area contributed by atoms with Crippen LogP contribution >= 0.6 is 0 Å². The van der Waals surface area contributed by atoms with Gasteiger partial charge in [0.05, 0.1) is 6.42 Å². The smallest absolute Gasteiger partial charge is 0.258 e. The van der Waals surface area contributed by atoms with Crippen molar-refractivity contribution in [2.45, 2.75) is 25.9 Å². The highest BCUT2D eigenvalue weighted by atomic mass is 16.5. The molecule has 6 heteroatoms. The highest BCUT2D eigenvalue weighted by Crippen LogP contribution is 2.22. The molecule has 2 rings (SSSR count). The number of hydrogen-bond donors (Lipinski definition) is 2. The van der Waals surface area contributed by atoms with Crippen LogP contribution in [0.4, 0.5) is 0 Å². The Hall–Kier alpha value is -2.21. The van der Waals surface area contributed by atoms with E-state index in [-0.39, 0.29) is 12.3 Å². The molecule has 0 aliphatic heterocycles. The number of aliphatic hydroxyl groups is 1. The molecular weight excluding hydrogens is 246 g/mol. The van der Waals surface area contributed by atoms with E-state index in [2.05, 4.69) is 10.1 Å². The first-order valence-corrected chi connectivity index (χ1v) is 5.80. The molecule has 0 spiro atoms. The van der Waals surface area contributed by atoms with Crippen molar-refractivity contribution >= 4 is 5.91 Å². The Morgan fingerprint density at radius 3 is 2.79 bits per heavy atom. The number of benzene rings is 1. The fraction of sp³-hybridized carbons (Fsp3) is 0.308. The van der Waals surface area contributed by atoms with Crippen LogP contribution in [-0.4, -0.2) is 21.2 Å². The molecule has 0 atom stereocenters. The van der Waals surface area contributed by atoms with Crippen LogP contribution in [0.15, 0.2) is 28.8 Å². The summed E-state index contributed by atoms with van der Waals surface area (Å²) in [7, 11) is 0. The third-order valence-corrected chi connectivity index (χ3v) is 2.51. The average molecular weight is 261 g/mol. The van der Waals surface area contributed by atoms with Gasteiger partial charge in [-0.2, -0.15) is 4.98 Å². The van der Waals surface area contributed by atoms with Crippen LogP contribution in [0, 0.1) is 0 Å². The summed E-state index contributed by atoms with van der Waals surface area (Å²) in [5, 5.41) is 13.6. The minimum absolute atomic E-state index is 0.141. The Kier molecular flexibility index (Phi) is 3.35. The van der Waals surface area contributed by atoms with Gasteiger partial charge in [0, 0.05) is 5.56 Å². The van der Waals surface area contributed by atoms with Crippen molar-refractivity contribution in [3.8, 4) is 11.4 Å². The first kappa shape index (κ1) is 13.2. The van der Waals surface area contributed by atoms with Gasteiger partial charge in [0.15, 0.2) is 0 Å². The quantitative estimate of drug-likeness (QED) is 0.854. The van der Waals surface area contributed by atoms with Gasteiger partial charge in [0.1, 0.15) is 5.60 Å². The lowest BCUT2D eigenvalue weighted by molar-refractivity contribution is -0.117. The Bertz CT molecular complexity index is 599. The molecule has 0 aliphatic carbocycles. The molecule has 1 amide bonds. The summed E-state index contributed by atoms with van der Waals surface area (Å²) in [5.41, 5.74) is 5.45. The molecule has 6 nitrogen and oxygen atoms in total. The number of aromatic nitrogens is 2. The molecule has 0 aliphatic rings. The van der Waals surface area contributed by atoms with Gasteiger partial charge in [0.2, 0.25) is 11.7 Å². The van der Waals surface area contributed by atoms with E-state index in [4.69, 9.17) is 10.3 Å². The highest BCUT2D eigenvalue weighted by molar-refractivity contribution is 5.77. The summed E-state index contributed by atoms with van der Waals surface area (Å²) in [6, 6.07) is 7.15. The molecule has 1 aromatic carbocycles. The van der Waals surface area contributed by atoms with Crippen LogP contribution in [0.2, 0.25) is 0 Å². The number of hydrogen-bond acceptors (Lipinski definition) is 5. The average Bonchev–Trinajstić information content (AvgIpc) is 2.77. The molecule has 1 heterocycles. The van der Waals surface area contributed by atoms with Crippen molar-refractivity contribution in [3.05, 3.63) is 35.7 Å². The minimum Gasteiger partial charge on any atom is -0.381 e. The molecule has 100 valence electrons. The fourth-order valence-electron chi connectivity index (χ4n) is 1.61. The molecule has 0 saturated carbocycles. The predicted molar refractivity (Wildman–Crippen MR) is 67.9 cm³/mol. The van der Waals surface area contributed by atoms with Crippen LogP contribution in [0.25, 0.3) is 11.4 Å². The zero-order valence-electron chi connectivity index (χ0n) is 10.8. The third kappa shape index (κ3) is 3.17. The Morgan fingerprint density at radius 1 is 1.47 bits per heavy atom. The maximum absolute atomic E-state index is 10.9. The van der Waals surface area contributed by atoms with E-state index in [1.54, 1.807) is 38.1 Å². The summed E-state index contributed by atoms with van der Waals surface area (Å²) >= 11 is 0. The molecule has 2 aromatic rings. The monoisotopic (exact) mass is 261 g/mol. The summed E-state index contributed by atoms with van der Waals surface area (Å²) < 4.78 is 5.00. The van der Waals surface area contributed by atoms with E-state index < -0.39 is 11.5 Å². The summed E-state index contributed by atoms with van der Waals surface area (Å²) in [6.07, 6.45) is 0.157. The fourth-order valence-corrected chi connectivity index (χ4v) is 1.61. The lowest BCUT2D eigenvalue weighted by atomic mass is 10.1. The van der Waals surface area contributed by atoms with Crippen LogP contribution in [-0.2, 0) is 16.8 Å². The van der Waals surface area contributed by atoms with Crippen molar-refractivity contribution in [2.75, 3.05) is 0 Å². The Balaban J connectivity index is 2.31. The highest BCUT2D eigenvalue weighted by Gasteiger charge is 2.24. The molecule has 19 heavy (non-hydrogen) atoms. The largest absolute Gasteiger partial charge is 0.381 e. The molecule has 0 saturated heterocycles. The van der Waals surface area contributed by atoms with Crippen molar-refractivity contribution in [3.63, 3.8) is 0 Å². The van der Waals surface area contributed by atoms with Crippen LogP contribution in [0.3, 0.4) is 0 Å². The van der Waals surface area contributed by atoms with Crippen molar-refractivity contribution in [1.82, 2.24) is 10.1 Å². The molecule has 0 bridgehead atoms. The van der Waals surface area contributed by atoms with Gasteiger partial charge in [-0.05, 0) is 25.5 Å². The number of amides is 1. The van der Waals surface area contributed by atoms with Crippen LogP contribution in [0.1, 0.15) is 25.3 Å². The second-order valence-corrected chi connectivity index (χ2v) is 4.83. The molecule has 0 radical (unpaired) electrons. The summed E-state index contributed by atoms with van der Waals surface area (Å²) in [6.45, 7) is 3.13. The van der Waals surface area contributed by atoms with Gasteiger partial charge in [0.25, 0.3) is 5.89 Å². The van der Waals surface area contributed by atoms with E-state index in [9.17, 15) is 9.90 Å². The zero-order chi connectivity index (χ0) is 14.0. The van der Waals surface area contributed by atoms with Crippen molar-refractivity contribution in [2.24, 2.45) is 5.73 Å². The van der Waals surface area contributed by atoms with Gasteiger partial charge in [-0.1, -0.05) is 23.4 Å². The normalized spacial score (nSPS) is 11.5. The number of nitrogens with two attached hydrogens (primary N) is 1. The van der Waals surface area contributed by atoms with Crippen molar-refractivity contribution < 1.29 is 14.4 Å². The second kappa shape index (κ2) is 4.81. The third-order valence-electron chi connectivity index (χ3n) is 2.51. The van der Waals surface area contributed by atoms with Gasteiger partial charge in [-0.15, -0.1) is 0 Å². The number of carbonyl (C=O) groups is 1. The molecular formula is C13H15N3O3. The van der Waals surface area contributed by atoms with Crippen molar-refractivity contribution in [1.29, 1.82) is 0 Å². The van der Waals surface area contributed by atoms with Gasteiger partial charge in [-0.3, -0.25) is 4.79 Å². The Labute approximate surface area is 110 Å². The summed E-state index contributed by atoms with van der Waals surface area (Å²) in [4.78, 5) is 15.0. The lowest BCUT2D eigenvalue weighted by Crippen LogP contribution is -2.15. The molecule has 1 aromatic heterocycles. The number of nitrogens with zero attached hydrogens (tertiary/aromatic N) is 2. The first-order chi connectivity index (χ1) is 8.86. The zero-order valence-corrected chi connectivity index (χ0v) is 10.8. The number of primary amides is 1. The SMILES string of the molecule is CC(C)(O)c1nc(-c2cccc(CC(N)=O)c2)no1. The first-order valence-electron chi connectivity index (χ1n) is 5.80. The molecule has 0 unspecified atom stereocenters. The predicted octanol–water partition coefficient (Wildman–Crippen LogP) is 0.992. The van der Waals surface area contributed by atoms with E-state index in [0.717, 1.165) is 5.56 Å². The number of carbonyl (C=O) groups excluding carboxylic acids is 1. The van der Waals surface area contributed by atoms with Crippen LogP contribution < -0.4 is 5.73 Å². The van der Waals surface area contributed by atoms with E-state index in [1.807, 2.05) is 0 Å². The minimum atomic E-state index is -1.18.